The molecule has 0 aliphatic heterocycles. The molecule has 1 aromatic carbocycles. The number of rotatable bonds is 7. The molecule has 2 aromatic rings. The molecule has 0 spiro atoms. The van der Waals surface area contributed by atoms with Crippen LogP contribution in [0.1, 0.15) is 33.5 Å². The van der Waals surface area contributed by atoms with Crippen LogP contribution in [-0.4, -0.2) is 28.5 Å². The Morgan fingerprint density at radius 3 is 2.59 bits per heavy atom. The van der Waals surface area contributed by atoms with E-state index < -0.39 is 5.97 Å². The number of carboxylic acids is 1. The summed E-state index contributed by atoms with van der Waals surface area (Å²) in [6, 6.07) is 6.34. The summed E-state index contributed by atoms with van der Waals surface area (Å²) >= 11 is 1.64. The van der Waals surface area contributed by atoms with Crippen molar-refractivity contribution in [3.05, 3.63) is 51.5 Å². The number of thiazole rings is 1. The molecular weight excluding hydrogens is 300 g/mol. The zero-order valence-electron chi connectivity index (χ0n) is 12.3. The molecule has 0 saturated carbocycles. The molecule has 0 saturated heterocycles. The van der Waals surface area contributed by atoms with Gasteiger partial charge in [0.1, 0.15) is 0 Å². The van der Waals surface area contributed by atoms with Gasteiger partial charge in [-0.25, -0.2) is 9.78 Å². The molecule has 0 radical (unpaired) electrons. The van der Waals surface area contributed by atoms with Crippen molar-refractivity contribution in [3.8, 4) is 0 Å². The van der Waals surface area contributed by atoms with Gasteiger partial charge in [-0.15, -0.1) is 11.3 Å². The number of carbonyl (C=O) groups is 2. The van der Waals surface area contributed by atoms with Gasteiger partial charge in [-0.05, 0) is 24.1 Å². The Kier molecular flexibility index (Phi) is 5.66. The maximum Gasteiger partial charge on any atom is 0.335 e. The number of carbonyl (C=O) groups excluding carboxylic acids is 1. The molecule has 6 heteroatoms. The van der Waals surface area contributed by atoms with Gasteiger partial charge in [0.25, 0.3) is 0 Å². The molecule has 5 nitrogen and oxygen atoms in total. The minimum absolute atomic E-state index is 0.0750. The van der Waals surface area contributed by atoms with Crippen molar-refractivity contribution in [1.29, 1.82) is 0 Å². The van der Waals surface area contributed by atoms with Crippen molar-refractivity contribution >= 4 is 23.2 Å². The fourth-order valence-corrected chi connectivity index (χ4v) is 2.75. The second-order valence-electron chi connectivity index (χ2n) is 4.86. The third-order valence-corrected chi connectivity index (χ3v) is 4.21. The number of aromatic nitrogens is 1. The Morgan fingerprint density at radius 1 is 1.27 bits per heavy atom. The van der Waals surface area contributed by atoms with Gasteiger partial charge in [0.05, 0.1) is 22.7 Å². The van der Waals surface area contributed by atoms with Crippen molar-refractivity contribution in [2.24, 2.45) is 0 Å². The van der Waals surface area contributed by atoms with Crippen LogP contribution in [-0.2, 0) is 24.1 Å². The zero-order chi connectivity index (χ0) is 15.9. The van der Waals surface area contributed by atoms with E-state index in [2.05, 4.69) is 17.2 Å². The molecule has 0 bridgehead atoms. The summed E-state index contributed by atoms with van der Waals surface area (Å²) in [5.41, 5.74) is 2.02. The Morgan fingerprint density at radius 2 is 2.00 bits per heavy atom. The minimum Gasteiger partial charge on any atom is -0.478 e. The summed E-state index contributed by atoms with van der Waals surface area (Å²) < 4.78 is 0. The predicted octanol–water partition coefficient (Wildman–Crippen LogP) is 2.31. The second kappa shape index (κ2) is 7.70. The summed E-state index contributed by atoms with van der Waals surface area (Å²) in [4.78, 5) is 27.0. The molecule has 0 aliphatic rings. The van der Waals surface area contributed by atoms with E-state index in [1.807, 2.05) is 5.38 Å². The largest absolute Gasteiger partial charge is 0.478 e. The molecule has 2 N–H and O–H groups in total. The number of benzene rings is 1. The van der Waals surface area contributed by atoms with Crippen LogP contribution < -0.4 is 5.32 Å². The third kappa shape index (κ3) is 4.66. The van der Waals surface area contributed by atoms with Crippen molar-refractivity contribution in [2.45, 2.75) is 26.2 Å². The van der Waals surface area contributed by atoms with E-state index >= 15 is 0 Å². The molecule has 0 atom stereocenters. The molecule has 0 aliphatic carbocycles. The first kappa shape index (κ1) is 16.2. The van der Waals surface area contributed by atoms with Crippen molar-refractivity contribution in [3.63, 3.8) is 0 Å². The van der Waals surface area contributed by atoms with Gasteiger partial charge >= 0.3 is 5.97 Å². The molecule has 116 valence electrons. The van der Waals surface area contributed by atoms with Crippen LogP contribution in [0.3, 0.4) is 0 Å². The van der Waals surface area contributed by atoms with E-state index in [1.165, 1.54) is 12.1 Å². The summed E-state index contributed by atoms with van der Waals surface area (Å²) in [5, 5.41) is 14.8. The first-order valence-corrected chi connectivity index (χ1v) is 7.98. The van der Waals surface area contributed by atoms with E-state index in [0.29, 0.717) is 6.54 Å². The van der Waals surface area contributed by atoms with Crippen molar-refractivity contribution < 1.29 is 14.7 Å². The number of hydrogen-bond donors (Lipinski definition) is 2. The Hall–Kier alpha value is -2.21. The lowest BCUT2D eigenvalue weighted by atomic mass is 10.1. The van der Waals surface area contributed by atoms with Crippen molar-refractivity contribution in [1.82, 2.24) is 10.3 Å². The molecule has 2 rings (SSSR count). The standard InChI is InChI=1S/C16H18N2O3S/c1-2-15-18-13(10-22-15)7-8-17-14(19)9-11-3-5-12(6-4-11)16(20)21/h3-6,10H,2,7-9H2,1H3,(H,17,19)(H,20,21). The van der Waals surface area contributed by atoms with Gasteiger partial charge in [-0.2, -0.15) is 0 Å². The first-order valence-electron chi connectivity index (χ1n) is 7.10. The fourth-order valence-electron chi connectivity index (χ4n) is 1.97. The molecule has 1 aromatic heterocycles. The van der Waals surface area contributed by atoms with Gasteiger partial charge in [0.15, 0.2) is 0 Å². The van der Waals surface area contributed by atoms with Gasteiger partial charge in [-0.1, -0.05) is 19.1 Å². The maximum atomic E-state index is 11.8. The summed E-state index contributed by atoms with van der Waals surface area (Å²) in [6.07, 6.45) is 1.90. The quantitative estimate of drug-likeness (QED) is 0.821. The van der Waals surface area contributed by atoms with Crippen LogP contribution in [0, 0.1) is 0 Å². The average Bonchev–Trinajstić information content (AvgIpc) is 2.96. The lowest BCUT2D eigenvalue weighted by Gasteiger charge is -2.04. The van der Waals surface area contributed by atoms with Crippen LogP contribution >= 0.6 is 11.3 Å². The molecular formula is C16H18N2O3S. The number of aromatic carboxylic acids is 1. The number of nitrogens with one attached hydrogen (secondary N) is 1. The van der Waals surface area contributed by atoms with Crippen LogP contribution in [0.4, 0.5) is 0 Å². The van der Waals surface area contributed by atoms with E-state index in [1.54, 1.807) is 23.5 Å². The Balaban J connectivity index is 1.76. The zero-order valence-corrected chi connectivity index (χ0v) is 13.2. The number of hydrogen-bond acceptors (Lipinski definition) is 4. The average molecular weight is 318 g/mol. The van der Waals surface area contributed by atoms with E-state index in [0.717, 1.165) is 29.1 Å². The molecule has 0 unspecified atom stereocenters. The highest BCUT2D eigenvalue weighted by Crippen LogP contribution is 2.10. The summed E-state index contributed by atoms with van der Waals surface area (Å²) in [5.74, 6) is -1.04. The smallest absolute Gasteiger partial charge is 0.335 e. The lowest BCUT2D eigenvalue weighted by molar-refractivity contribution is -0.120. The van der Waals surface area contributed by atoms with Crippen molar-refractivity contribution in [2.75, 3.05) is 6.54 Å². The van der Waals surface area contributed by atoms with Crippen LogP contribution in [0.15, 0.2) is 29.6 Å². The number of amides is 1. The SMILES string of the molecule is CCc1nc(CCNC(=O)Cc2ccc(C(=O)O)cc2)cs1. The fraction of sp³-hybridized carbons (Fsp3) is 0.312. The van der Waals surface area contributed by atoms with Crippen LogP contribution in [0.2, 0.25) is 0 Å². The molecule has 22 heavy (non-hydrogen) atoms. The number of nitrogens with zero attached hydrogens (tertiary/aromatic N) is 1. The third-order valence-electron chi connectivity index (χ3n) is 3.17. The summed E-state index contributed by atoms with van der Waals surface area (Å²) in [7, 11) is 0. The van der Waals surface area contributed by atoms with Gasteiger partial charge < -0.3 is 10.4 Å². The van der Waals surface area contributed by atoms with E-state index in [4.69, 9.17) is 5.11 Å². The molecule has 0 fully saturated rings. The van der Waals surface area contributed by atoms with Gasteiger partial charge in [-0.3, -0.25) is 4.79 Å². The van der Waals surface area contributed by atoms with Crippen LogP contribution in [0.5, 0.6) is 0 Å². The van der Waals surface area contributed by atoms with Gasteiger partial charge in [0.2, 0.25) is 5.91 Å². The minimum atomic E-state index is -0.967. The van der Waals surface area contributed by atoms with E-state index in [9.17, 15) is 9.59 Å². The first-order chi connectivity index (χ1) is 10.6. The monoisotopic (exact) mass is 318 g/mol. The molecule has 1 amide bonds. The second-order valence-corrected chi connectivity index (χ2v) is 5.81. The van der Waals surface area contributed by atoms with Gasteiger partial charge in [0, 0.05) is 18.3 Å². The number of aryl methyl sites for hydroxylation is 1. The lowest BCUT2D eigenvalue weighted by Crippen LogP contribution is -2.27. The Bertz CT molecular complexity index is 650. The normalized spacial score (nSPS) is 10.4. The highest BCUT2D eigenvalue weighted by molar-refractivity contribution is 7.09. The number of carboxylic acid groups (broad SMARTS) is 1. The predicted molar refractivity (Wildman–Crippen MR) is 85.3 cm³/mol. The summed E-state index contributed by atoms with van der Waals surface area (Å²) in [6.45, 7) is 2.62. The van der Waals surface area contributed by atoms with E-state index in [-0.39, 0.29) is 17.9 Å². The topological polar surface area (TPSA) is 79.3 Å². The Labute approximate surface area is 133 Å². The maximum absolute atomic E-state index is 11.8. The highest BCUT2D eigenvalue weighted by Gasteiger charge is 2.06. The van der Waals surface area contributed by atoms with Crippen LogP contribution in [0.25, 0.3) is 0 Å². The molecule has 1 heterocycles. The highest BCUT2D eigenvalue weighted by atomic mass is 32.1.